The number of imidazole rings is 1. The highest BCUT2D eigenvalue weighted by molar-refractivity contribution is 5.44. The van der Waals surface area contributed by atoms with Crippen molar-refractivity contribution in [3.63, 3.8) is 0 Å². The number of nitrogens with one attached hydrogen (secondary N) is 2. The van der Waals surface area contributed by atoms with E-state index in [1.54, 1.807) is 12.5 Å². The fourth-order valence-electron chi connectivity index (χ4n) is 3.23. The number of benzene rings is 1. The van der Waals surface area contributed by atoms with Gasteiger partial charge < -0.3 is 20.1 Å². The molecule has 0 saturated heterocycles. The fraction of sp³-hybridized carbons (Fsp3) is 0.381. The van der Waals surface area contributed by atoms with Gasteiger partial charge in [-0.1, -0.05) is 6.07 Å². The summed E-state index contributed by atoms with van der Waals surface area (Å²) in [7, 11) is 0. The van der Waals surface area contributed by atoms with Crippen LogP contribution in [0.5, 0.6) is 11.5 Å². The topological polar surface area (TPSA) is 86.1 Å². The average Bonchev–Trinajstić information content (AvgIpc) is 3.41. The zero-order chi connectivity index (χ0) is 20.1. The Morgan fingerprint density at radius 1 is 1.10 bits per heavy atom. The number of hydrogen-bond donors (Lipinski definition) is 2. The van der Waals surface area contributed by atoms with Crippen molar-refractivity contribution in [3.8, 4) is 17.4 Å². The van der Waals surface area contributed by atoms with Crippen LogP contribution >= 0.6 is 0 Å². The van der Waals surface area contributed by atoms with Crippen molar-refractivity contribution in [2.45, 2.75) is 26.3 Å². The van der Waals surface area contributed by atoms with Crippen LogP contribution < -0.4 is 20.1 Å². The third-order valence-corrected chi connectivity index (χ3v) is 4.82. The van der Waals surface area contributed by atoms with Gasteiger partial charge in [0.25, 0.3) is 0 Å². The molecule has 1 unspecified atom stereocenters. The van der Waals surface area contributed by atoms with Gasteiger partial charge in [-0.25, -0.2) is 15.0 Å². The number of ether oxygens (including phenoxy) is 2. The van der Waals surface area contributed by atoms with Crippen LogP contribution in [0.15, 0.2) is 43.0 Å². The molecule has 0 spiro atoms. The molecule has 0 bridgehead atoms. The van der Waals surface area contributed by atoms with E-state index in [2.05, 4.69) is 44.6 Å². The molecule has 0 aliphatic carbocycles. The van der Waals surface area contributed by atoms with Gasteiger partial charge in [-0.15, -0.1) is 0 Å². The number of hydrogen-bond acceptors (Lipinski definition) is 7. The van der Waals surface area contributed by atoms with Crippen LogP contribution in [0.1, 0.15) is 29.9 Å². The molecule has 0 saturated carbocycles. The van der Waals surface area contributed by atoms with Crippen LogP contribution in [0.25, 0.3) is 5.95 Å². The van der Waals surface area contributed by atoms with Crippen LogP contribution in [0.3, 0.4) is 0 Å². The van der Waals surface area contributed by atoms with Crippen molar-refractivity contribution >= 4 is 0 Å². The molecule has 1 aliphatic heterocycles. The van der Waals surface area contributed by atoms with Gasteiger partial charge in [0, 0.05) is 37.2 Å². The molecule has 2 aromatic heterocycles. The molecule has 3 aromatic rings. The molecule has 1 aromatic carbocycles. The van der Waals surface area contributed by atoms with Crippen LogP contribution in [0.4, 0.5) is 0 Å². The lowest BCUT2D eigenvalue weighted by Crippen LogP contribution is -2.30. The molecule has 8 heteroatoms. The molecular weight excluding hydrogens is 368 g/mol. The van der Waals surface area contributed by atoms with E-state index < -0.39 is 0 Å². The molecule has 0 amide bonds. The Labute approximate surface area is 170 Å². The standard InChI is InChI=1S/C21H26N6O2/c1-15-11-18(26-21(25-15)27-10-9-23-13-27)16(2)24-8-7-22-6-5-17-3-4-19-20(12-17)29-14-28-19/h3-4,9-13,16,22,24H,5-8,14H2,1-2H3. The van der Waals surface area contributed by atoms with Crippen molar-refractivity contribution in [2.75, 3.05) is 26.4 Å². The van der Waals surface area contributed by atoms with Gasteiger partial charge in [-0.3, -0.25) is 4.57 Å². The Bertz CT molecular complexity index is 944. The first kappa shape index (κ1) is 19.4. The number of fused-ring (bicyclic) bond motifs is 1. The van der Waals surface area contributed by atoms with Gasteiger partial charge >= 0.3 is 0 Å². The monoisotopic (exact) mass is 394 g/mol. The minimum atomic E-state index is 0.134. The highest BCUT2D eigenvalue weighted by Crippen LogP contribution is 2.32. The Kier molecular flexibility index (Phi) is 6.02. The third-order valence-electron chi connectivity index (χ3n) is 4.82. The Hall–Kier alpha value is -2.97. The van der Waals surface area contributed by atoms with E-state index in [1.165, 1.54) is 5.56 Å². The lowest BCUT2D eigenvalue weighted by atomic mass is 10.1. The SMILES string of the molecule is Cc1cc(C(C)NCCNCCc2ccc3c(c2)OCO3)nc(-n2ccnc2)n1. The Morgan fingerprint density at radius 3 is 2.86 bits per heavy atom. The number of aromatic nitrogens is 4. The quantitative estimate of drug-likeness (QED) is 0.538. The number of nitrogens with zero attached hydrogens (tertiary/aromatic N) is 4. The van der Waals surface area contributed by atoms with Crippen LogP contribution in [-0.2, 0) is 6.42 Å². The summed E-state index contributed by atoms with van der Waals surface area (Å²) in [5, 5.41) is 6.99. The van der Waals surface area contributed by atoms with Crippen molar-refractivity contribution in [1.29, 1.82) is 0 Å². The molecule has 152 valence electrons. The maximum atomic E-state index is 5.42. The summed E-state index contributed by atoms with van der Waals surface area (Å²) in [5.41, 5.74) is 3.15. The normalized spacial score (nSPS) is 13.6. The smallest absolute Gasteiger partial charge is 0.235 e. The summed E-state index contributed by atoms with van der Waals surface area (Å²) in [6.45, 7) is 7.06. The summed E-state index contributed by atoms with van der Waals surface area (Å²) in [6.07, 6.45) is 6.23. The van der Waals surface area contributed by atoms with Gasteiger partial charge in [0.1, 0.15) is 6.33 Å². The van der Waals surface area contributed by atoms with Crippen molar-refractivity contribution in [2.24, 2.45) is 0 Å². The minimum absolute atomic E-state index is 0.134. The molecule has 0 fully saturated rings. The first-order valence-electron chi connectivity index (χ1n) is 9.85. The Morgan fingerprint density at radius 2 is 2.00 bits per heavy atom. The van der Waals surface area contributed by atoms with E-state index in [-0.39, 0.29) is 6.04 Å². The zero-order valence-corrected chi connectivity index (χ0v) is 16.8. The molecule has 4 rings (SSSR count). The summed E-state index contributed by atoms with van der Waals surface area (Å²) >= 11 is 0. The third kappa shape index (κ3) is 4.90. The largest absolute Gasteiger partial charge is 0.454 e. The van der Waals surface area contributed by atoms with Gasteiger partial charge in [-0.2, -0.15) is 0 Å². The highest BCUT2D eigenvalue weighted by atomic mass is 16.7. The van der Waals surface area contributed by atoms with E-state index in [1.807, 2.05) is 29.8 Å². The maximum absolute atomic E-state index is 5.42. The van der Waals surface area contributed by atoms with E-state index in [9.17, 15) is 0 Å². The first-order valence-corrected chi connectivity index (χ1v) is 9.85. The van der Waals surface area contributed by atoms with E-state index >= 15 is 0 Å². The van der Waals surface area contributed by atoms with Crippen molar-refractivity contribution in [1.82, 2.24) is 30.2 Å². The fourth-order valence-corrected chi connectivity index (χ4v) is 3.23. The van der Waals surface area contributed by atoms with Gasteiger partial charge in [0.05, 0.1) is 5.69 Å². The second-order valence-electron chi connectivity index (χ2n) is 7.07. The van der Waals surface area contributed by atoms with Crippen molar-refractivity contribution in [3.05, 3.63) is 59.9 Å². The van der Waals surface area contributed by atoms with Gasteiger partial charge in [-0.05, 0) is 50.6 Å². The van der Waals surface area contributed by atoms with E-state index in [0.29, 0.717) is 12.7 Å². The summed E-state index contributed by atoms with van der Waals surface area (Å²) < 4.78 is 12.6. The van der Waals surface area contributed by atoms with Crippen LogP contribution in [-0.4, -0.2) is 45.9 Å². The first-order chi connectivity index (χ1) is 14.2. The Balaban J connectivity index is 1.21. The molecule has 0 radical (unpaired) electrons. The molecule has 1 aliphatic rings. The molecular formula is C21H26N6O2. The predicted molar refractivity (Wildman–Crippen MR) is 109 cm³/mol. The zero-order valence-electron chi connectivity index (χ0n) is 16.8. The minimum Gasteiger partial charge on any atom is -0.454 e. The summed E-state index contributed by atoms with van der Waals surface area (Å²) in [4.78, 5) is 13.2. The van der Waals surface area contributed by atoms with Crippen LogP contribution in [0, 0.1) is 6.92 Å². The second-order valence-corrected chi connectivity index (χ2v) is 7.07. The lowest BCUT2D eigenvalue weighted by molar-refractivity contribution is 0.174. The molecule has 29 heavy (non-hydrogen) atoms. The molecule has 1 atom stereocenters. The number of aryl methyl sites for hydroxylation is 1. The number of rotatable bonds is 9. The molecule has 3 heterocycles. The highest BCUT2D eigenvalue weighted by Gasteiger charge is 2.13. The van der Waals surface area contributed by atoms with E-state index in [4.69, 9.17) is 9.47 Å². The average molecular weight is 394 g/mol. The van der Waals surface area contributed by atoms with Crippen molar-refractivity contribution < 1.29 is 9.47 Å². The summed E-state index contributed by atoms with van der Waals surface area (Å²) in [6, 6.07) is 8.27. The van der Waals surface area contributed by atoms with Gasteiger partial charge in [0.15, 0.2) is 11.5 Å². The van der Waals surface area contributed by atoms with Gasteiger partial charge in [0.2, 0.25) is 12.7 Å². The molecule has 8 nitrogen and oxygen atoms in total. The molecule has 2 N–H and O–H groups in total. The summed E-state index contributed by atoms with van der Waals surface area (Å²) in [5.74, 6) is 2.32. The predicted octanol–water partition coefficient (Wildman–Crippen LogP) is 2.18. The lowest BCUT2D eigenvalue weighted by Gasteiger charge is -2.15. The van der Waals surface area contributed by atoms with Crippen LogP contribution in [0.2, 0.25) is 0 Å². The van der Waals surface area contributed by atoms with E-state index in [0.717, 1.165) is 48.9 Å². The maximum Gasteiger partial charge on any atom is 0.235 e. The second kappa shape index (κ2) is 9.02.